The first-order valence-corrected chi connectivity index (χ1v) is 5.49. The molecule has 0 radical (unpaired) electrons. The third kappa shape index (κ3) is 6.02. The molecule has 0 aliphatic rings. The van der Waals surface area contributed by atoms with Crippen molar-refractivity contribution in [3.63, 3.8) is 0 Å². The predicted octanol–water partition coefficient (Wildman–Crippen LogP) is -0.547. The average Bonchev–Trinajstić information content (AvgIpc) is 2.17. The first-order valence-electron chi connectivity index (χ1n) is 4.05. The van der Waals surface area contributed by atoms with E-state index in [1.54, 1.807) is 0 Å². The maximum atomic E-state index is 10.5. The fraction of sp³-hybridized carbons (Fsp3) is 0.250. The molecule has 0 aliphatic heterocycles. The molecule has 0 heterocycles. The highest BCUT2D eigenvalue weighted by molar-refractivity contribution is 7.85. The van der Waals surface area contributed by atoms with Crippen molar-refractivity contribution < 1.29 is 18.1 Å². The molecule has 0 atom stereocenters. The van der Waals surface area contributed by atoms with Gasteiger partial charge in [-0.25, -0.2) is 0 Å². The van der Waals surface area contributed by atoms with Crippen LogP contribution < -0.4 is 11.5 Å². The summed E-state index contributed by atoms with van der Waals surface area (Å²) in [5, 5.41) is 7.75. The van der Waals surface area contributed by atoms with Crippen LogP contribution >= 0.6 is 0 Å². The van der Waals surface area contributed by atoms with Crippen LogP contribution in [-0.2, 0) is 10.1 Å². The van der Waals surface area contributed by atoms with Gasteiger partial charge in [0.1, 0.15) is 0 Å². The summed E-state index contributed by atoms with van der Waals surface area (Å²) in [4.78, 5) is -0.147. The van der Waals surface area contributed by atoms with Gasteiger partial charge in [-0.15, -0.1) is 0 Å². The van der Waals surface area contributed by atoms with Gasteiger partial charge in [0.15, 0.2) is 0 Å². The zero-order valence-corrected chi connectivity index (χ0v) is 8.81. The molecule has 86 valence electrons. The molecule has 0 aliphatic carbocycles. The number of aliphatic hydroxyl groups excluding tert-OH is 1. The topological polar surface area (TPSA) is 127 Å². The number of nitrogen functional groups attached to an aromatic ring is 1. The van der Waals surface area contributed by atoms with Gasteiger partial charge < -0.3 is 16.6 Å². The molecule has 6 N–H and O–H groups in total. The van der Waals surface area contributed by atoms with Gasteiger partial charge in [0.25, 0.3) is 10.1 Å². The van der Waals surface area contributed by atoms with Gasteiger partial charge in [-0.1, -0.05) is 0 Å². The molecular formula is C8H14N2O4S. The molecule has 0 spiro atoms. The Morgan fingerprint density at radius 2 is 1.60 bits per heavy atom. The number of nitrogens with two attached hydrogens (primary N) is 2. The van der Waals surface area contributed by atoms with Gasteiger partial charge in [0.2, 0.25) is 0 Å². The second-order valence-corrected chi connectivity index (χ2v) is 3.98. The summed E-state index contributed by atoms with van der Waals surface area (Å²) in [5.74, 6) is 0. The minimum absolute atomic E-state index is 0.0972. The summed E-state index contributed by atoms with van der Waals surface area (Å²) in [6.07, 6.45) is 0. The fourth-order valence-corrected chi connectivity index (χ4v) is 1.12. The molecule has 0 amide bonds. The minimum atomic E-state index is -4.08. The Kier molecular flexibility index (Phi) is 5.87. The standard InChI is InChI=1S/C6H7NO3S.C2H7NO/c7-5-1-3-6(4-2-5)11(8,9)10;3-1-2-4/h1-4H,7H2,(H,8,9,10);4H,1-3H2. The van der Waals surface area contributed by atoms with E-state index in [-0.39, 0.29) is 11.5 Å². The van der Waals surface area contributed by atoms with Crippen LogP contribution in [0.1, 0.15) is 0 Å². The van der Waals surface area contributed by atoms with Crippen LogP contribution in [0.15, 0.2) is 29.2 Å². The first-order chi connectivity index (χ1) is 6.91. The number of hydrogen-bond donors (Lipinski definition) is 4. The predicted molar refractivity (Wildman–Crippen MR) is 56.8 cm³/mol. The van der Waals surface area contributed by atoms with Crippen molar-refractivity contribution in [3.8, 4) is 0 Å². The third-order valence-electron chi connectivity index (χ3n) is 1.31. The van der Waals surface area contributed by atoms with E-state index >= 15 is 0 Å². The summed E-state index contributed by atoms with van der Waals surface area (Å²) >= 11 is 0. The quantitative estimate of drug-likeness (QED) is 0.402. The van der Waals surface area contributed by atoms with Crippen molar-refractivity contribution in [2.75, 3.05) is 18.9 Å². The Bertz CT molecular complexity index is 372. The van der Waals surface area contributed by atoms with Crippen molar-refractivity contribution in [2.24, 2.45) is 5.73 Å². The van der Waals surface area contributed by atoms with E-state index in [9.17, 15) is 8.42 Å². The number of hydrogen-bond acceptors (Lipinski definition) is 5. The molecule has 7 heteroatoms. The minimum Gasteiger partial charge on any atom is -0.399 e. The van der Waals surface area contributed by atoms with Crippen molar-refractivity contribution >= 4 is 15.8 Å². The lowest BCUT2D eigenvalue weighted by Gasteiger charge is -1.95. The summed E-state index contributed by atoms with van der Waals surface area (Å²) in [5.41, 5.74) is 10.5. The van der Waals surface area contributed by atoms with E-state index in [1.165, 1.54) is 24.3 Å². The second-order valence-electron chi connectivity index (χ2n) is 2.56. The van der Waals surface area contributed by atoms with Crippen LogP contribution in [0, 0.1) is 0 Å². The summed E-state index contributed by atoms with van der Waals surface area (Å²) in [6, 6.07) is 5.29. The highest BCUT2D eigenvalue weighted by Crippen LogP contribution is 2.10. The summed E-state index contributed by atoms with van der Waals surface area (Å²) < 4.78 is 29.4. The lowest BCUT2D eigenvalue weighted by molar-refractivity contribution is 0.306. The molecule has 0 saturated carbocycles. The molecule has 1 rings (SSSR count). The first kappa shape index (κ1) is 13.8. The Balaban J connectivity index is 0.000000423. The van der Waals surface area contributed by atoms with E-state index in [0.717, 1.165) is 0 Å². The average molecular weight is 234 g/mol. The monoisotopic (exact) mass is 234 g/mol. The van der Waals surface area contributed by atoms with Crippen LogP contribution in [0.25, 0.3) is 0 Å². The van der Waals surface area contributed by atoms with Gasteiger partial charge in [-0.05, 0) is 24.3 Å². The maximum absolute atomic E-state index is 10.5. The van der Waals surface area contributed by atoms with Gasteiger partial charge in [-0.2, -0.15) is 8.42 Å². The Hall–Kier alpha value is -1.15. The molecule has 0 unspecified atom stereocenters. The lowest BCUT2D eigenvalue weighted by atomic mass is 10.3. The molecule has 0 aromatic heterocycles. The fourth-order valence-electron chi connectivity index (χ4n) is 0.640. The molecule has 0 saturated heterocycles. The van der Waals surface area contributed by atoms with Crippen LogP contribution in [0.2, 0.25) is 0 Å². The molecule has 6 nitrogen and oxygen atoms in total. The normalized spacial score (nSPS) is 10.3. The third-order valence-corrected chi connectivity index (χ3v) is 2.17. The number of rotatable bonds is 2. The van der Waals surface area contributed by atoms with Crippen LogP contribution in [-0.4, -0.2) is 31.2 Å². The molecule has 1 aromatic carbocycles. The number of benzene rings is 1. The van der Waals surface area contributed by atoms with Gasteiger partial charge in [0.05, 0.1) is 11.5 Å². The van der Waals surface area contributed by atoms with Gasteiger partial charge >= 0.3 is 0 Å². The van der Waals surface area contributed by atoms with Crippen molar-refractivity contribution in [1.29, 1.82) is 0 Å². The van der Waals surface area contributed by atoms with E-state index < -0.39 is 10.1 Å². The van der Waals surface area contributed by atoms with Crippen LogP contribution in [0.5, 0.6) is 0 Å². The van der Waals surface area contributed by atoms with Crippen LogP contribution in [0.3, 0.4) is 0 Å². The zero-order chi connectivity index (χ0) is 11.9. The van der Waals surface area contributed by atoms with Crippen molar-refractivity contribution in [1.82, 2.24) is 0 Å². The largest absolute Gasteiger partial charge is 0.399 e. The molecule has 0 bridgehead atoms. The lowest BCUT2D eigenvalue weighted by Crippen LogP contribution is -2.02. The summed E-state index contributed by atoms with van der Waals surface area (Å²) in [7, 11) is -4.08. The molecule has 15 heavy (non-hydrogen) atoms. The molecular weight excluding hydrogens is 220 g/mol. The van der Waals surface area contributed by atoms with E-state index in [1.807, 2.05) is 0 Å². The van der Waals surface area contributed by atoms with E-state index in [4.69, 9.17) is 21.1 Å². The van der Waals surface area contributed by atoms with Crippen molar-refractivity contribution in [3.05, 3.63) is 24.3 Å². The van der Waals surface area contributed by atoms with E-state index in [0.29, 0.717) is 12.2 Å². The Labute approximate surface area is 88.3 Å². The summed E-state index contributed by atoms with van der Waals surface area (Å²) in [6.45, 7) is 0.472. The van der Waals surface area contributed by atoms with E-state index in [2.05, 4.69) is 0 Å². The molecule has 0 fully saturated rings. The SMILES string of the molecule is NCCO.Nc1ccc(S(=O)(=O)O)cc1. The van der Waals surface area contributed by atoms with Gasteiger partial charge in [0, 0.05) is 12.2 Å². The Morgan fingerprint density at radius 1 is 1.20 bits per heavy atom. The van der Waals surface area contributed by atoms with Crippen molar-refractivity contribution in [2.45, 2.75) is 4.90 Å². The number of aliphatic hydroxyl groups is 1. The highest BCUT2D eigenvalue weighted by atomic mass is 32.2. The zero-order valence-electron chi connectivity index (χ0n) is 8.00. The highest BCUT2D eigenvalue weighted by Gasteiger charge is 2.06. The Morgan fingerprint density at radius 3 is 1.87 bits per heavy atom. The number of anilines is 1. The maximum Gasteiger partial charge on any atom is 0.294 e. The smallest absolute Gasteiger partial charge is 0.294 e. The molecule has 1 aromatic rings. The second kappa shape index (κ2) is 6.36. The van der Waals surface area contributed by atoms with Crippen LogP contribution in [0.4, 0.5) is 5.69 Å². The van der Waals surface area contributed by atoms with Gasteiger partial charge in [-0.3, -0.25) is 4.55 Å².